The van der Waals surface area contributed by atoms with Gasteiger partial charge in [-0.25, -0.2) is 13.6 Å². The van der Waals surface area contributed by atoms with Gasteiger partial charge in [0.2, 0.25) is 0 Å². The summed E-state index contributed by atoms with van der Waals surface area (Å²) < 4.78 is 69.3. The summed E-state index contributed by atoms with van der Waals surface area (Å²) in [5, 5.41) is 4.04. The van der Waals surface area contributed by atoms with Gasteiger partial charge in [0.05, 0.1) is 17.1 Å². The Morgan fingerprint density at radius 2 is 1.85 bits per heavy atom. The van der Waals surface area contributed by atoms with E-state index in [4.69, 9.17) is 16.3 Å². The first-order chi connectivity index (χ1) is 12.2. The van der Waals surface area contributed by atoms with Crippen molar-refractivity contribution >= 4 is 23.3 Å². The van der Waals surface area contributed by atoms with E-state index in [9.17, 15) is 26.7 Å². The molecule has 0 heterocycles. The molecule has 0 saturated heterocycles. The van der Waals surface area contributed by atoms with E-state index >= 15 is 0 Å². The minimum Gasteiger partial charge on any atom is -0.489 e. The number of amides is 2. The zero-order valence-electron chi connectivity index (χ0n) is 13.0. The van der Waals surface area contributed by atoms with Crippen LogP contribution < -0.4 is 15.4 Å². The summed E-state index contributed by atoms with van der Waals surface area (Å²) >= 11 is 5.48. The Morgan fingerprint density at radius 3 is 2.50 bits per heavy atom. The SMILES string of the molecule is O=C(NCCOc1ccc(F)cc1F)Nc1ccc(Cl)c(C(F)(F)F)c1. The van der Waals surface area contributed by atoms with Crippen LogP contribution >= 0.6 is 11.6 Å². The maximum Gasteiger partial charge on any atom is 0.417 e. The highest BCUT2D eigenvalue weighted by molar-refractivity contribution is 6.31. The van der Waals surface area contributed by atoms with E-state index in [1.54, 1.807) is 0 Å². The fraction of sp³-hybridized carbons (Fsp3) is 0.188. The summed E-state index contributed by atoms with van der Waals surface area (Å²) in [6.07, 6.45) is -4.65. The van der Waals surface area contributed by atoms with Crippen LogP contribution in [0.1, 0.15) is 5.56 Å². The van der Waals surface area contributed by atoms with E-state index in [1.165, 1.54) is 6.07 Å². The smallest absolute Gasteiger partial charge is 0.417 e. The second kappa shape index (κ2) is 8.22. The molecule has 140 valence electrons. The lowest BCUT2D eigenvalue weighted by molar-refractivity contribution is -0.137. The van der Waals surface area contributed by atoms with Crippen molar-refractivity contribution in [2.24, 2.45) is 0 Å². The molecule has 0 saturated carbocycles. The molecule has 26 heavy (non-hydrogen) atoms. The number of carbonyl (C=O) groups is 1. The Morgan fingerprint density at radius 1 is 1.12 bits per heavy atom. The first-order valence-corrected chi connectivity index (χ1v) is 7.54. The topological polar surface area (TPSA) is 50.4 Å². The van der Waals surface area contributed by atoms with E-state index in [1.807, 2.05) is 0 Å². The molecule has 0 aliphatic carbocycles. The third kappa shape index (κ3) is 5.48. The summed E-state index contributed by atoms with van der Waals surface area (Å²) in [6.45, 7) is -0.202. The second-order valence-electron chi connectivity index (χ2n) is 5.00. The predicted molar refractivity (Wildman–Crippen MR) is 85.3 cm³/mol. The molecule has 0 radical (unpaired) electrons. The number of ether oxygens (including phenoxy) is 1. The zero-order valence-corrected chi connectivity index (χ0v) is 13.7. The summed E-state index contributed by atoms with van der Waals surface area (Å²) in [5.74, 6) is -1.84. The Labute approximate surface area is 149 Å². The van der Waals surface area contributed by atoms with Crippen LogP contribution in [0.15, 0.2) is 36.4 Å². The number of hydrogen-bond donors (Lipinski definition) is 2. The van der Waals surface area contributed by atoms with Gasteiger partial charge < -0.3 is 15.4 Å². The van der Waals surface area contributed by atoms with Crippen LogP contribution in [0.2, 0.25) is 5.02 Å². The number of urea groups is 1. The van der Waals surface area contributed by atoms with Crippen molar-refractivity contribution in [2.45, 2.75) is 6.18 Å². The molecule has 2 rings (SSSR count). The molecule has 0 unspecified atom stereocenters. The van der Waals surface area contributed by atoms with Gasteiger partial charge in [-0.3, -0.25) is 0 Å². The second-order valence-corrected chi connectivity index (χ2v) is 5.40. The Bertz CT molecular complexity index is 799. The highest BCUT2D eigenvalue weighted by atomic mass is 35.5. The molecule has 10 heteroatoms. The van der Waals surface area contributed by atoms with Crippen LogP contribution in [-0.4, -0.2) is 19.2 Å². The maximum absolute atomic E-state index is 13.3. The standard InChI is InChI=1S/C16H12ClF5N2O2/c17-12-3-2-10(8-11(12)16(20,21)22)24-15(25)23-5-6-26-14-4-1-9(18)7-13(14)19/h1-4,7-8H,5-6H2,(H2,23,24,25). The number of nitrogens with one attached hydrogen (secondary N) is 2. The molecule has 2 amide bonds. The monoisotopic (exact) mass is 394 g/mol. The van der Waals surface area contributed by atoms with E-state index in [0.29, 0.717) is 12.1 Å². The van der Waals surface area contributed by atoms with Crippen LogP contribution in [0, 0.1) is 11.6 Å². The quantitative estimate of drug-likeness (QED) is 0.563. The molecule has 2 N–H and O–H groups in total. The van der Waals surface area contributed by atoms with E-state index in [-0.39, 0.29) is 24.6 Å². The van der Waals surface area contributed by atoms with Gasteiger partial charge in [0.1, 0.15) is 12.4 Å². The van der Waals surface area contributed by atoms with Gasteiger partial charge in [0.25, 0.3) is 0 Å². The van der Waals surface area contributed by atoms with Crippen LogP contribution in [0.25, 0.3) is 0 Å². The molecule has 0 bridgehead atoms. The van der Waals surface area contributed by atoms with Crippen molar-refractivity contribution < 1.29 is 31.5 Å². The van der Waals surface area contributed by atoms with Gasteiger partial charge in [0.15, 0.2) is 11.6 Å². The van der Waals surface area contributed by atoms with Crippen LogP contribution in [0.5, 0.6) is 5.75 Å². The summed E-state index contributed by atoms with van der Waals surface area (Å²) in [7, 11) is 0. The van der Waals surface area contributed by atoms with Crippen molar-refractivity contribution in [3.63, 3.8) is 0 Å². The minimum absolute atomic E-state index is 0.0671. The number of halogens is 6. The lowest BCUT2D eigenvalue weighted by atomic mass is 10.2. The molecule has 0 spiro atoms. The van der Waals surface area contributed by atoms with Crippen molar-refractivity contribution in [3.8, 4) is 5.75 Å². The number of hydrogen-bond acceptors (Lipinski definition) is 2. The molecule has 0 fully saturated rings. The Balaban J connectivity index is 1.84. The van der Waals surface area contributed by atoms with Crippen LogP contribution in [-0.2, 0) is 6.18 Å². The predicted octanol–water partition coefficient (Wildman–Crippen LogP) is 4.84. The molecular weight excluding hydrogens is 383 g/mol. The average Bonchev–Trinajstić information content (AvgIpc) is 2.54. The van der Waals surface area contributed by atoms with Crippen LogP contribution in [0.4, 0.5) is 32.4 Å². The molecule has 0 atom stereocenters. The van der Waals surface area contributed by atoms with E-state index in [2.05, 4.69) is 10.6 Å². The number of rotatable bonds is 5. The number of benzene rings is 2. The van der Waals surface area contributed by atoms with Gasteiger partial charge in [-0.05, 0) is 30.3 Å². The minimum atomic E-state index is -4.65. The lowest BCUT2D eigenvalue weighted by Crippen LogP contribution is -2.32. The Kier molecular flexibility index (Phi) is 6.25. The molecule has 0 aliphatic heterocycles. The fourth-order valence-corrected chi connectivity index (χ4v) is 2.14. The number of anilines is 1. The summed E-state index contributed by atoms with van der Waals surface area (Å²) in [4.78, 5) is 11.7. The van der Waals surface area contributed by atoms with Crippen molar-refractivity contribution in [3.05, 3.63) is 58.6 Å². The molecule has 0 aromatic heterocycles. The highest BCUT2D eigenvalue weighted by Crippen LogP contribution is 2.36. The Hall–Kier alpha value is -2.55. The molecule has 2 aromatic carbocycles. The highest BCUT2D eigenvalue weighted by Gasteiger charge is 2.33. The van der Waals surface area contributed by atoms with Gasteiger partial charge in [-0.1, -0.05) is 11.6 Å². The van der Waals surface area contributed by atoms with Crippen molar-refractivity contribution in [1.82, 2.24) is 5.32 Å². The van der Waals surface area contributed by atoms with Gasteiger partial charge in [-0.2, -0.15) is 13.2 Å². The third-order valence-corrected chi connectivity index (χ3v) is 3.40. The van der Waals surface area contributed by atoms with E-state index < -0.39 is 34.4 Å². The maximum atomic E-state index is 13.3. The molecule has 4 nitrogen and oxygen atoms in total. The third-order valence-electron chi connectivity index (χ3n) is 3.07. The van der Waals surface area contributed by atoms with Crippen LogP contribution in [0.3, 0.4) is 0 Å². The molecular formula is C16H12ClF5N2O2. The summed E-state index contributed by atoms with van der Waals surface area (Å²) in [6, 6.07) is 4.89. The largest absolute Gasteiger partial charge is 0.489 e. The fourth-order valence-electron chi connectivity index (χ4n) is 1.91. The van der Waals surface area contributed by atoms with E-state index in [0.717, 1.165) is 18.2 Å². The van der Waals surface area contributed by atoms with Gasteiger partial charge in [0, 0.05) is 11.8 Å². The van der Waals surface area contributed by atoms with Crippen molar-refractivity contribution in [2.75, 3.05) is 18.5 Å². The molecule has 0 aliphatic rings. The molecule has 2 aromatic rings. The van der Waals surface area contributed by atoms with Crippen molar-refractivity contribution in [1.29, 1.82) is 0 Å². The summed E-state index contributed by atoms with van der Waals surface area (Å²) in [5.41, 5.74) is -1.18. The average molecular weight is 395 g/mol. The van der Waals surface area contributed by atoms with Gasteiger partial charge >= 0.3 is 12.2 Å². The number of carbonyl (C=O) groups excluding carboxylic acids is 1. The zero-order chi connectivity index (χ0) is 19.3. The lowest BCUT2D eigenvalue weighted by Gasteiger charge is -2.12. The normalized spacial score (nSPS) is 11.2. The first-order valence-electron chi connectivity index (χ1n) is 7.16. The first kappa shape index (κ1) is 19.8. The van der Waals surface area contributed by atoms with Gasteiger partial charge in [-0.15, -0.1) is 0 Å². The number of alkyl halides is 3.